The molecule has 14 heteroatoms. The molecule has 0 saturated carbocycles. The summed E-state index contributed by atoms with van der Waals surface area (Å²) in [6, 6.07) is 9.63. The average Bonchev–Trinajstić information content (AvgIpc) is 2.97. The molecular weight excluding hydrogens is 570 g/mol. The average molecular weight is 612 g/mol. The molecule has 0 spiro atoms. The third-order valence-electron chi connectivity index (χ3n) is 6.58. The Balaban J connectivity index is 2.13. The van der Waals surface area contributed by atoms with Gasteiger partial charge in [0.05, 0.1) is 6.04 Å². The summed E-state index contributed by atoms with van der Waals surface area (Å²) in [4.78, 5) is 66.9. The van der Waals surface area contributed by atoms with E-state index < -0.39 is 48.0 Å². The zero-order valence-electron chi connectivity index (χ0n) is 24.7. The molecule has 44 heavy (non-hydrogen) atoms. The Kier molecular flexibility index (Phi) is 14.1. The predicted molar refractivity (Wildman–Crippen MR) is 164 cm³/mol. The van der Waals surface area contributed by atoms with Gasteiger partial charge in [-0.3, -0.25) is 14.6 Å². The van der Waals surface area contributed by atoms with Gasteiger partial charge in [-0.1, -0.05) is 56.3 Å². The van der Waals surface area contributed by atoms with Crippen molar-refractivity contribution in [2.75, 3.05) is 6.54 Å². The van der Waals surface area contributed by atoms with Crippen molar-refractivity contribution in [3.8, 4) is 5.75 Å². The smallest absolute Gasteiger partial charge is 0.326 e. The van der Waals surface area contributed by atoms with E-state index in [0.717, 1.165) is 5.56 Å². The molecule has 2 aromatic carbocycles. The normalized spacial score (nSPS) is 13.4. The summed E-state index contributed by atoms with van der Waals surface area (Å²) in [6.07, 6.45) is 1.14. The van der Waals surface area contributed by atoms with Gasteiger partial charge in [0.25, 0.3) is 0 Å². The minimum absolute atomic E-state index is 0.00663. The number of amides is 4. The second kappa shape index (κ2) is 17.7. The van der Waals surface area contributed by atoms with E-state index in [1.807, 2.05) is 30.3 Å². The van der Waals surface area contributed by atoms with Crippen LogP contribution in [0, 0.1) is 5.92 Å². The van der Waals surface area contributed by atoms with Crippen LogP contribution in [0.5, 0.6) is 5.75 Å². The first kappa shape index (κ1) is 35.1. The van der Waals surface area contributed by atoms with Gasteiger partial charge in [0, 0.05) is 13.0 Å². The Morgan fingerprint density at radius 2 is 1.45 bits per heavy atom. The van der Waals surface area contributed by atoms with E-state index in [1.165, 1.54) is 24.3 Å². The molecule has 0 aromatic heterocycles. The van der Waals surface area contributed by atoms with Gasteiger partial charge >= 0.3 is 12.0 Å². The topological polar surface area (TPSA) is 238 Å². The van der Waals surface area contributed by atoms with Crippen LogP contribution in [-0.2, 0) is 32.0 Å². The van der Waals surface area contributed by atoms with Gasteiger partial charge in [-0.2, -0.15) is 0 Å². The van der Waals surface area contributed by atoms with E-state index in [1.54, 1.807) is 13.8 Å². The van der Waals surface area contributed by atoms with Gasteiger partial charge in [-0.05, 0) is 48.4 Å². The number of benzene rings is 2. The van der Waals surface area contributed by atoms with Crippen molar-refractivity contribution in [1.82, 2.24) is 21.3 Å². The Morgan fingerprint density at radius 1 is 0.841 bits per heavy atom. The summed E-state index contributed by atoms with van der Waals surface area (Å²) in [5.41, 5.74) is 12.1. The van der Waals surface area contributed by atoms with Crippen molar-refractivity contribution in [2.45, 2.75) is 63.7 Å². The van der Waals surface area contributed by atoms with Crippen LogP contribution in [0.3, 0.4) is 0 Å². The number of nitrogens with one attached hydrogen (secondary N) is 4. The molecule has 0 unspecified atom stereocenters. The van der Waals surface area contributed by atoms with Crippen LogP contribution in [0.15, 0.2) is 59.6 Å². The van der Waals surface area contributed by atoms with Gasteiger partial charge in [0.15, 0.2) is 5.96 Å². The van der Waals surface area contributed by atoms with Crippen LogP contribution < -0.4 is 32.7 Å². The Morgan fingerprint density at radius 3 is 2.02 bits per heavy atom. The van der Waals surface area contributed by atoms with Crippen LogP contribution in [0.25, 0.3) is 0 Å². The van der Waals surface area contributed by atoms with Crippen LogP contribution in [-0.4, -0.2) is 77.0 Å². The van der Waals surface area contributed by atoms with E-state index in [-0.39, 0.29) is 49.9 Å². The summed E-state index contributed by atoms with van der Waals surface area (Å²) in [6.45, 7) is 3.58. The molecule has 10 N–H and O–H groups in total. The molecule has 0 radical (unpaired) electrons. The first-order chi connectivity index (χ1) is 20.9. The van der Waals surface area contributed by atoms with Crippen molar-refractivity contribution in [2.24, 2.45) is 22.4 Å². The number of phenols is 1. The minimum Gasteiger partial charge on any atom is -0.508 e. The third-order valence-corrected chi connectivity index (χ3v) is 6.58. The number of rotatable bonds is 17. The first-order valence-electron chi connectivity index (χ1n) is 14.1. The van der Waals surface area contributed by atoms with Crippen LogP contribution in [0.4, 0.5) is 4.79 Å². The van der Waals surface area contributed by atoms with E-state index >= 15 is 0 Å². The SMILES string of the molecule is CC(C)[C@H](NC(=O)[C@H](CCCN=C(N)N)NC(=O)N[C@H](Cc1ccc(O)cc1)C(=O)O)C(=O)N[C@@H](C=O)Cc1ccccc1. The number of aliphatic carboxylic acids is 1. The van der Waals surface area contributed by atoms with Gasteiger partial charge in [0.1, 0.15) is 30.2 Å². The van der Waals surface area contributed by atoms with Crippen molar-refractivity contribution >= 4 is 36.1 Å². The fraction of sp³-hybridized carbons (Fsp3) is 0.400. The molecule has 2 rings (SSSR count). The third kappa shape index (κ3) is 12.4. The standard InChI is InChI=1S/C30H41N7O7/c1-18(2)25(27(41)34-21(17-38)15-19-7-4-3-5-8-19)37-26(40)23(9-6-14-33-29(31)32)35-30(44)36-24(28(42)43)16-20-10-12-22(39)13-11-20/h3-5,7-8,10-13,17-18,21,23-25,39H,6,9,14-16H2,1-2H3,(H,34,41)(H,37,40)(H,42,43)(H4,31,32,33)(H2,35,36,44)/t21-,23+,24-,25+/m1/s1. The number of carbonyl (C=O) groups is 5. The van der Waals surface area contributed by atoms with Crippen molar-refractivity contribution in [3.63, 3.8) is 0 Å². The van der Waals surface area contributed by atoms with Gasteiger partial charge in [-0.15, -0.1) is 0 Å². The van der Waals surface area contributed by atoms with E-state index in [0.29, 0.717) is 11.8 Å². The Bertz CT molecular complexity index is 1280. The number of carbonyl (C=O) groups excluding carboxylic acids is 4. The number of urea groups is 1. The lowest BCUT2D eigenvalue weighted by Crippen LogP contribution is -2.58. The minimum atomic E-state index is -1.34. The number of nitrogens with two attached hydrogens (primary N) is 2. The predicted octanol–water partition coefficient (Wildman–Crippen LogP) is 0.177. The molecule has 14 nitrogen and oxygen atoms in total. The second-order valence-electron chi connectivity index (χ2n) is 10.6. The molecule has 0 heterocycles. The highest BCUT2D eigenvalue weighted by Crippen LogP contribution is 2.12. The zero-order valence-corrected chi connectivity index (χ0v) is 24.7. The quantitative estimate of drug-likeness (QED) is 0.0526. The lowest BCUT2D eigenvalue weighted by atomic mass is 10.0. The first-order valence-corrected chi connectivity index (χ1v) is 14.1. The number of aromatic hydroxyl groups is 1. The number of hydrogen-bond donors (Lipinski definition) is 8. The fourth-order valence-electron chi connectivity index (χ4n) is 4.26. The van der Waals surface area contributed by atoms with Crippen molar-refractivity contribution in [1.29, 1.82) is 0 Å². The van der Waals surface area contributed by atoms with E-state index in [9.17, 15) is 34.2 Å². The van der Waals surface area contributed by atoms with Crippen LogP contribution >= 0.6 is 0 Å². The number of aldehydes is 1. The number of nitrogens with zero attached hydrogens (tertiary/aromatic N) is 1. The number of guanidine groups is 1. The highest BCUT2D eigenvalue weighted by Gasteiger charge is 2.30. The number of carboxylic acid groups (broad SMARTS) is 1. The Hall–Kier alpha value is -5.14. The van der Waals surface area contributed by atoms with Crippen molar-refractivity contribution < 1.29 is 34.2 Å². The summed E-state index contributed by atoms with van der Waals surface area (Å²) < 4.78 is 0. The fourth-order valence-corrected chi connectivity index (χ4v) is 4.26. The molecule has 0 aliphatic heterocycles. The largest absolute Gasteiger partial charge is 0.508 e. The summed E-state index contributed by atoms with van der Waals surface area (Å²) in [5.74, 6) is -3.11. The Labute approximate surface area is 255 Å². The van der Waals surface area contributed by atoms with Crippen LogP contribution in [0.1, 0.15) is 37.8 Å². The summed E-state index contributed by atoms with van der Waals surface area (Å²) in [5, 5.41) is 29.3. The molecule has 0 bridgehead atoms. The molecule has 4 atom stereocenters. The van der Waals surface area contributed by atoms with Gasteiger partial charge in [0.2, 0.25) is 11.8 Å². The highest BCUT2D eigenvalue weighted by atomic mass is 16.4. The highest BCUT2D eigenvalue weighted by molar-refractivity contribution is 5.93. The molecule has 4 amide bonds. The molecule has 238 valence electrons. The maximum atomic E-state index is 13.4. The molecule has 0 fully saturated rings. The second-order valence-corrected chi connectivity index (χ2v) is 10.6. The van der Waals surface area contributed by atoms with E-state index in [4.69, 9.17) is 11.5 Å². The number of hydrogen-bond acceptors (Lipinski definition) is 7. The lowest BCUT2D eigenvalue weighted by molar-refractivity contribution is -0.139. The monoisotopic (exact) mass is 611 g/mol. The number of phenolic OH excluding ortho intramolecular Hbond substituents is 1. The molecule has 0 saturated heterocycles. The zero-order chi connectivity index (χ0) is 32.6. The maximum absolute atomic E-state index is 13.4. The number of carboxylic acids is 1. The van der Waals surface area contributed by atoms with Gasteiger partial charge < -0.3 is 47.7 Å². The van der Waals surface area contributed by atoms with Gasteiger partial charge in [-0.25, -0.2) is 9.59 Å². The molecule has 0 aliphatic carbocycles. The molecule has 0 aliphatic rings. The molecule has 2 aromatic rings. The lowest BCUT2D eigenvalue weighted by Gasteiger charge is -2.27. The maximum Gasteiger partial charge on any atom is 0.326 e. The summed E-state index contributed by atoms with van der Waals surface area (Å²) in [7, 11) is 0. The number of aliphatic imine (C=N–C) groups is 1. The molecular formula is C30H41N7O7. The summed E-state index contributed by atoms with van der Waals surface area (Å²) >= 11 is 0. The van der Waals surface area contributed by atoms with E-state index in [2.05, 4.69) is 26.3 Å². The van der Waals surface area contributed by atoms with Crippen LogP contribution in [0.2, 0.25) is 0 Å². The van der Waals surface area contributed by atoms with Crippen molar-refractivity contribution in [3.05, 3.63) is 65.7 Å².